The van der Waals surface area contributed by atoms with Crippen LogP contribution in [0.25, 0.3) is 0 Å². The molecule has 0 saturated heterocycles. The van der Waals surface area contributed by atoms with Crippen LogP contribution in [-0.2, 0) is 0 Å². The van der Waals surface area contributed by atoms with E-state index in [2.05, 4.69) is 5.32 Å². The lowest BCUT2D eigenvalue weighted by molar-refractivity contribution is -0.385. The zero-order chi connectivity index (χ0) is 15.4. The Hall–Kier alpha value is -3.40. The van der Waals surface area contributed by atoms with Gasteiger partial charge in [0.25, 0.3) is 11.6 Å². The SMILES string of the molecule is N#Cc1cccc(NC(=O)c2cc(N)ccc2[N+](=O)[O-])c1. The summed E-state index contributed by atoms with van der Waals surface area (Å²) in [6.45, 7) is 0. The summed E-state index contributed by atoms with van der Waals surface area (Å²) in [6, 6.07) is 11.9. The van der Waals surface area contributed by atoms with Crippen molar-refractivity contribution in [3.8, 4) is 6.07 Å². The van der Waals surface area contributed by atoms with Gasteiger partial charge in [-0.2, -0.15) is 5.26 Å². The Morgan fingerprint density at radius 3 is 2.71 bits per heavy atom. The molecule has 0 bridgehead atoms. The van der Waals surface area contributed by atoms with Gasteiger partial charge >= 0.3 is 0 Å². The van der Waals surface area contributed by atoms with Crippen molar-refractivity contribution < 1.29 is 9.72 Å². The van der Waals surface area contributed by atoms with E-state index in [1.54, 1.807) is 18.2 Å². The van der Waals surface area contributed by atoms with Gasteiger partial charge in [0.2, 0.25) is 0 Å². The minimum atomic E-state index is -0.663. The van der Waals surface area contributed by atoms with Gasteiger partial charge in [0, 0.05) is 17.4 Å². The molecule has 2 rings (SSSR count). The molecule has 0 unspecified atom stereocenters. The molecular weight excluding hydrogens is 272 g/mol. The molecule has 2 aromatic carbocycles. The maximum atomic E-state index is 12.1. The fourth-order valence-electron chi connectivity index (χ4n) is 1.76. The molecule has 2 aromatic rings. The number of anilines is 2. The van der Waals surface area contributed by atoms with Gasteiger partial charge in [0.15, 0.2) is 0 Å². The van der Waals surface area contributed by atoms with Gasteiger partial charge < -0.3 is 11.1 Å². The highest BCUT2D eigenvalue weighted by Gasteiger charge is 2.20. The summed E-state index contributed by atoms with van der Waals surface area (Å²) in [5, 5.41) is 22.2. The van der Waals surface area contributed by atoms with Crippen LogP contribution >= 0.6 is 0 Å². The number of hydrogen-bond donors (Lipinski definition) is 2. The third kappa shape index (κ3) is 3.13. The summed E-state index contributed by atoms with van der Waals surface area (Å²) in [5.41, 5.74) is 6.08. The van der Waals surface area contributed by atoms with Crippen molar-refractivity contribution in [2.75, 3.05) is 11.1 Å². The van der Waals surface area contributed by atoms with Crippen molar-refractivity contribution in [2.45, 2.75) is 0 Å². The zero-order valence-electron chi connectivity index (χ0n) is 10.7. The molecule has 0 radical (unpaired) electrons. The molecule has 0 atom stereocenters. The number of hydrogen-bond acceptors (Lipinski definition) is 5. The number of nitrogen functional groups attached to an aromatic ring is 1. The van der Waals surface area contributed by atoms with Crippen molar-refractivity contribution in [1.29, 1.82) is 5.26 Å². The van der Waals surface area contributed by atoms with E-state index in [4.69, 9.17) is 11.0 Å². The molecule has 3 N–H and O–H groups in total. The number of carbonyl (C=O) groups excluding carboxylic acids is 1. The normalized spacial score (nSPS) is 9.67. The summed E-state index contributed by atoms with van der Waals surface area (Å²) in [4.78, 5) is 22.4. The molecule has 0 aliphatic heterocycles. The number of nitro groups is 1. The molecule has 21 heavy (non-hydrogen) atoms. The molecule has 1 amide bonds. The van der Waals surface area contributed by atoms with E-state index in [1.165, 1.54) is 24.3 Å². The average molecular weight is 282 g/mol. The van der Waals surface area contributed by atoms with Crippen LogP contribution in [0.3, 0.4) is 0 Å². The van der Waals surface area contributed by atoms with Crippen LogP contribution in [0.2, 0.25) is 0 Å². The second kappa shape index (κ2) is 5.71. The minimum Gasteiger partial charge on any atom is -0.399 e. The minimum absolute atomic E-state index is 0.137. The molecule has 0 fully saturated rings. The van der Waals surface area contributed by atoms with E-state index in [-0.39, 0.29) is 16.9 Å². The third-order valence-corrected chi connectivity index (χ3v) is 2.71. The Labute approximate surface area is 119 Å². The van der Waals surface area contributed by atoms with Crippen LogP contribution in [-0.4, -0.2) is 10.8 Å². The van der Waals surface area contributed by atoms with Crippen LogP contribution in [0, 0.1) is 21.4 Å². The standard InChI is InChI=1S/C14H10N4O3/c15-8-9-2-1-3-11(6-9)17-14(19)12-7-10(16)4-5-13(12)18(20)21/h1-7H,16H2,(H,17,19). The third-order valence-electron chi connectivity index (χ3n) is 2.71. The maximum Gasteiger partial charge on any atom is 0.282 e. The lowest BCUT2D eigenvalue weighted by Gasteiger charge is -2.06. The summed E-state index contributed by atoms with van der Waals surface area (Å²) >= 11 is 0. The Morgan fingerprint density at radius 1 is 1.29 bits per heavy atom. The Morgan fingerprint density at radius 2 is 2.05 bits per heavy atom. The molecule has 104 valence electrons. The van der Waals surface area contributed by atoms with Gasteiger partial charge in [0.05, 0.1) is 16.6 Å². The molecule has 0 aliphatic rings. The predicted octanol–water partition coefficient (Wildman–Crippen LogP) is 2.30. The molecule has 0 spiro atoms. The summed E-state index contributed by atoms with van der Waals surface area (Å²) in [6.07, 6.45) is 0. The van der Waals surface area contributed by atoms with Crippen molar-refractivity contribution in [3.63, 3.8) is 0 Å². The predicted molar refractivity (Wildman–Crippen MR) is 76.6 cm³/mol. The zero-order valence-corrected chi connectivity index (χ0v) is 10.7. The van der Waals surface area contributed by atoms with E-state index in [1.807, 2.05) is 6.07 Å². The van der Waals surface area contributed by atoms with Gasteiger partial charge in [-0.25, -0.2) is 0 Å². The first kappa shape index (κ1) is 14.0. The summed E-state index contributed by atoms with van der Waals surface area (Å²) in [7, 11) is 0. The second-order valence-corrected chi connectivity index (χ2v) is 4.18. The van der Waals surface area contributed by atoms with Crippen molar-refractivity contribution in [2.24, 2.45) is 0 Å². The molecule has 0 saturated carbocycles. The van der Waals surface area contributed by atoms with Crippen molar-refractivity contribution in [1.82, 2.24) is 0 Å². The van der Waals surface area contributed by atoms with Gasteiger partial charge in [-0.15, -0.1) is 0 Å². The highest BCUT2D eigenvalue weighted by molar-refractivity contribution is 6.07. The fraction of sp³-hybridized carbons (Fsp3) is 0. The molecule has 7 heteroatoms. The first-order valence-corrected chi connectivity index (χ1v) is 5.86. The Bertz CT molecular complexity index is 765. The molecule has 7 nitrogen and oxygen atoms in total. The van der Waals surface area contributed by atoms with Crippen LogP contribution in [0.15, 0.2) is 42.5 Å². The number of nitrogens with one attached hydrogen (secondary N) is 1. The largest absolute Gasteiger partial charge is 0.399 e. The molecular formula is C14H10N4O3. The molecule has 0 aromatic heterocycles. The van der Waals surface area contributed by atoms with Crippen LogP contribution < -0.4 is 11.1 Å². The molecule has 0 heterocycles. The van der Waals surface area contributed by atoms with Gasteiger partial charge in [-0.1, -0.05) is 6.07 Å². The van der Waals surface area contributed by atoms with E-state index in [0.29, 0.717) is 11.3 Å². The lowest BCUT2D eigenvalue weighted by atomic mass is 10.1. The van der Waals surface area contributed by atoms with E-state index in [9.17, 15) is 14.9 Å². The van der Waals surface area contributed by atoms with Gasteiger partial charge in [-0.3, -0.25) is 14.9 Å². The lowest BCUT2D eigenvalue weighted by Crippen LogP contribution is -2.14. The quantitative estimate of drug-likeness (QED) is 0.508. The first-order chi connectivity index (χ1) is 10.0. The van der Waals surface area contributed by atoms with E-state index < -0.39 is 10.8 Å². The van der Waals surface area contributed by atoms with E-state index in [0.717, 1.165) is 0 Å². The number of benzene rings is 2. The van der Waals surface area contributed by atoms with Gasteiger partial charge in [0.1, 0.15) is 5.56 Å². The highest BCUT2D eigenvalue weighted by atomic mass is 16.6. The van der Waals surface area contributed by atoms with Crippen LogP contribution in [0.5, 0.6) is 0 Å². The van der Waals surface area contributed by atoms with E-state index >= 15 is 0 Å². The average Bonchev–Trinajstić information content (AvgIpc) is 2.47. The summed E-state index contributed by atoms with van der Waals surface area (Å²) in [5.74, 6) is -0.663. The first-order valence-electron chi connectivity index (χ1n) is 5.86. The van der Waals surface area contributed by atoms with Crippen LogP contribution in [0.4, 0.5) is 17.1 Å². The number of nitriles is 1. The second-order valence-electron chi connectivity index (χ2n) is 4.18. The number of rotatable bonds is 3. The number of carbonyl (C=O) groups is 1. The molecule has 0 aliphatic carbocycles. The topological polar surface area (TPSA) is 122 Å². The van der Waals surface area contributed by atoms with Crippen LogP contribution in [0.1, 0.15) is 15.9 Å². The fourth-order valence-corrected chi connectivity index (χ4v) is 1.76. The summed E-state index contributed by atoms with van der Waals surface area (Å²) < 4.78 is 0. The Balaban J connectivity index is 2.34. The number of nitro benzene ring substituents is 1. The number of nitrogens with zero attached hydrogens (tertiary/aromatic N) is 2. The van der Waals surface area contributed by atoms with Crippen molar-refractivity contribution >= 4 is 23.0 Å². The number of amides is 1. The van der Waals surface area contributed by atoms with Crippen molar-refractivity contribution in [3.05, 3.63) is 63.7 Å². The number of nitrogens with two attached hydrogens (primary N) is 1. The van der Waals surface area contributed by atoms with Gasteiger partial charge in [-0.05, 0) is 30.3 Å². The highest BCUT2D eigenvalue weighted by Crippen LogP contribution is 2.22. The monoisotopic (exact) mass is 282 g/mol. The Kier molecular flexibility index (Phi) is 3.81. The smallest absolute Gasteiger partial charge is 0.282 e. The maximum absolute atomic E-state index is 12.1.